The minimum atomic E-state index is -0.966. The predicted octanol–water partition coefficient (Wildman–Crippen LogP) is 1.25. The number of ether oxygens (including phenoxy) is 1. The molecule has 0 bridgehead atoms. The number of fused-ring (bicyclic) bond motifs is 1. The van der Waals surface area contributed by atoms with E-state index in [9.17, 15) is 4.79 Å². The molecular weight excluding hydrogens is 220 g/mol. The Morgan fingerprint density at radius 2 is 2.29 bits per heavy atom. The largest absolute Gasteiger partial charge is 0.482 e. The summed E-state index contributed by atoms with van der Waals surface area (Å²) in [6.07, 6.45) is 2.61. The number of hydrogen-bond acceptors (Lipinski definition) is 3. The van der Waals surface area contributed by atoms with Crippen molar-refractivity contribution in [2.24, 2.45) is 5.92 Å². The first-order chi connectivity index (χ1) is 8.20. The molecule has 0 spiro atoms. The van der Waals surface area contributed by atoms with Crippen molar-refractivity contribution in [2.45, 2.75) is 19.3 Å². The summed E-state index contributed by atoms with van der Waals surface area (Å²) >= 11 is 0. The minimum Gasteiger partial charge on any atom is -0.482 e. The third kappa shape index (κ3) is 2.77. The van der Waals surface area contributed by atoms with E-state index in [0.29, 0.717) is 11.7 Å². The summed E-state index contributed by atoms with van der Waals surface area (Å²) in [5.74, 6) is 0.0187. The quantitative estimate of drug-likeness (QED) is 0.825. The van der Waals surface area contributed by atoms with Crippen molar-refractivity contribution in [1.82, 2.24) is 0 Å². The van der Waals surface area contributed by atoms with Crippen LogP contribution in [-0.2, 0) is 17.6 Å². The number of aliphatic hydroxyl groups is 1. The minimum absolute atomic E-state index is 0.208. The smallest absolute Gasteiger partial charge is 0.341 e. The van der Waals surface area contributed by atoms with Crippen LogP contribution in [0.4, 0.5) is 0 Å². The Labute approximate surface area is 99.8 Å². The summed E-state index contributed by atoms with van der Waals surface area (Å²) in [7, 11) is 0. The maximum atomic E-state index is 10.5. The first-order valence-corrected chi connectivity index (χ1v) is 5.77. The molecule has 0 aliphatic heterocycles. The molecule has 1 unspecified atom stereocenters. The van der Waals surface area contributed by atoms with Gasteiger partial charge in [0.25, 0.3) is 0 Å². The van der Waals surface area contributed by atoms with E-state index in [1.807, 2.05) is 12.1 Å². The van der Waals surface area contributed by atoms with Crippen molar-refractivity contribution in [2.75, 3.05) is 13.2 Å². The average molecular weight is 236 g/mol. The number of rotatable bonds is 4. The van der Waals surface area contributed by atoms with E-state index in [0.717, 1.165) is 30.4 Å². The Hall–Kier alpha value is -1.55. The third-order valence-corrected chi connectivity index (χ3v) is 3.15. The van der Waals surface area contributed by atoms with E-state index >= 15 is 0 Å². The fraction of sp³-hybridized carbons (Fsp3) is 0.462. The van der Waals surface area contributed by atoms with Gasteiger partial charge < -0.3 is 14.9 Å². The number of carboxylic acids is 1. The number of aliphatic carboxylic acids is 1. The van der Waals surface area contributed by atoms with Gasteiger partial charge in [-0.2, -0.15) is 0 Å². The van der Waals surface area contributed by atoms with Gasteiger partial charge >= 0.3 is 5.97 Å². The molecule has 0 heterocycles. The highest BCUT2D eigenvalue weighted by molar-refractivity contribution is 5.68. The lowest BCUT2D eigenvalue weighted by Gasteiger charge is -2.24. The molecule has 4 heteroatoms. The number of hydrogen-bond donors (Lipinski definition) is 2. The number of carbonyl (C=O) groups is 1. The van der Waals surface area contributed by atoms with E-state index in [-0.39, 0.29) is 13.2 Å². The Morgan fingerprint density at radius 1 is 1.47 bits per heavy atom. The lowest BCUT2D eigenvalue weighted by atomic mass is 9.84. The molecule has 0 saturated carbocycles. The second-order valence-corrected chi connectivity index (χ2v) is 4.37. The highest BCUT2D eigenvalue weighted by atomic mass is 16.5. The van der Waals surface area contributed by atoms with Gasteiger partial charge in [-0.05, 0) is 42.4 Å². The average Bonchev–Trinajstić information content (AvgIpc) is 2.35. The van der Waals surface area contributed by atoms with Gasteiger partial charge in [-0.25, -0.2) is 4.79 Å². The normalized spacial score (nSPS) is 18.5. The fourth-order valence-corrected chi connectivity index (χ4v) is 2.28. The molecule has 1 atom stereocenters. The Kier molecular flexibility index (Phi) is 3.64. The van der Waals surface area contributed by atoms with Crippen molar-refractivity contribution < 1.29 is 19.7 Å². The monoisotopic (exact) mass is 236 g/mol. The molecule has 4 nitrogen and oxygen atoms in total. The highest BCUT2D eigenvalue weighted by Crippen LogP contribution is 2.31. The van der Waals surface area contributed by atoms with Crippen LogP contribution in [0.5, 0.6) is 5.75 Å². The molecular formula is C13H16O4. The van der Waals surface area contributed by atoms with Crippen LogP contribution in [-0.4, -0.2) is 29.4 Å². The zero-order valence-corrected chi connectivity index (χ0v) is 9.56. The van der Waals surface area contributed by atoms with Crippen LogP contribution >= 0.6 is 0 Å². The Morgan fingerprint density at radius 3 is 3.00 bits per heavy atom. The summed E-state index contributed by atoms with van der Waals surface area (Å²) in [5, 5.41) is 17.8. The summed E-state index contributed by atoms with van der Waals surface area (Å²) in [6.45, 7) is -0.0977. The molecule has 0 radical (unpaired) electrons. The molecule has 0 fully saturated rings. The van der Waals surface area contributed by atoms with E-state index in [1.54, 1.807) is 6.07 Å². The lowest BCUT2D eigenvalue weighted by Crippen LogP contribution is -2.19. The van der Waals surface area contributed by atoms with Gasteiger partial charge in [0.05, 0.1) is 0 Å². The van der Waals surface area contributed by atoms with Crippen molar-refractivity contribution >= 4 is 5.97 Å². The molecule has 0 amide bonds. The first-order valence-electron chi connectivity index (χ1n) is 5.77. The van der Waals surface area contributed by atoms with E-state index < -0.39 is 5.97 Å². The molecule has 2 rings (SSSR count). The lowest BCUT2D eigenvalue weighted by molar-refractivity contribution is -0.139. The molecule has 1 aliphatic carbocycles. The van der Waals surface area contributed by atoms with Crippen molar-refractivity contribution in [3.05, 3.63) is 29.3 Å². The predicted molar refractivity (Wildman–Crippen MR) is 62.2 cm³/mol. The SMILES string of the molecule is O=C(O)COc1cccc2c1CCC(CO)C2. The van der Waals surface area contributed by atoms with Crippen LogP contribution in [0.2, 0.25) is 0 Å². The standard InChI is InChI=1S/C13H16O4/c14-7-9-4-5-11-10(6-9)2-1-3-12(11)17-8-13(15)16/h1-3,9,14H,4-8H2,(H,15,16). The summed E-state index contributed by atoms with van der Waals surface area (Å²) < 4.78 is 5.27. The molecule has 17 heavy (non-hydrogen) atoms. The van der Waals surface area contributed by atoms with Gasteiger partial charge in [0.2, 0.25) is 0 Å². The van der Waals surface area contributed by atoms with Gasteiger partial charge in [-0.15, -0.1) is 0 Å². The Bertz CT molecular complexity index is 414. The van der Waals surface area contributed by atoms with Crippen LogP contribution in [0, 0.1) is 5.92 Å². The third-order valence-electron chi connectivity index (χ3n) is 3.15. The molecule has 1 aromatic carbocycles. The zero-order valence-electron chi connectivity index (χ0n) is 9.56. The molecule has 0 aromatic heterocycles. The second-order valence-electron chi connectivity index (χ2n) is 4.37. The maximum Gasteiger partial charge on any atom is 0.341 e. The van der Waals surface area contributed by atoms with Gasteiger partial charge in [-0.1, -0.05) is 12.1 Å². The van der Waals surface area contributed by atoms with E-state index in [4.69, 9.17) is 14.9 Å². The summed E-state index contributed by atoms with van der Waals surface area (Å²) in [5.41, 5.74) is 2.26. The summed E-state index contributed by atoms with van der Waals surface area (Å²) in [6, 6.07) is 5.70. The van der Waals surface area contributed by atoms with Gasteiger partial charge in [0.15, 0.2) is 6.61 Å². The van der Waals surface area contributed by atoms with Gasteiger partial charge in [0.1, 0.15) is 5.75 Å². The Balaban J connectivity index is 2.16. The van der Waals surface area contributed by atoms with Crippen molar-refractivity contribution in [3.63, 3.8) is 0 Å². The summed E-state index contributed by atoms with van der Waals surface area (Å²) in [4.78, 5) is 10.5. The topological polar surface area (TPSA) is 66.8 Å². The van der Waals surface area contributed by atoms with Crippen LogP contribution in [0.3, 0.4) is 0 Å². The van der Waals surface area contributed by atoms with Crippen molar-refractivity contribution in [3.8, 4) is 5.75 Å². The fourth-order valence-electron chi connectivity index (χ4n) is 2.28. The van der Waals surface area contributed by atoms with Gasteiger partial charge in [-0.3, -0.25) is 0 Å². The maximum absolute atomic E-state index is 10.5. The zero-order chi connectivity index (χ0) is 12.3. The number of aliphatic hydroxyl groups excluding tert-OH is 1. The van der Waals surface area contributed by atoms with E-state index in [1.165, 1.54) is 0 Å². The second kappa shape index (κ2) is 5.19. The van der Waals surface area contributed by atoms with Crippen LogP contribution in [0.1, 0.15) is 17.5 Å². The number of carboxylic acid groups (broad SMARTS) is 1. The molecule has 1 aromatic rings. The van der Waals surface area contributed by atoms with Crippen molar-refractivity contribution in [1.29, 1.82) is 0 Å². The highest BCUT2D eigenvalue weighted by Gasteiger charge is 2.20. The van der Waals surface area contributed by atoms with Crippen LogP contribution < -0.4 is 4.74 Å². The first kappa shape index (κ1) is 11.9. The number of benzene rings is 1. The van der Waals surface area contributed by atoms with Gasteiger partial charge in [0, 0.05) is 6.61 Å². The molecule has 92 valence electrons. The van der Waals surface area contributed by atoms with E-state index in [2.05, 4.69) is 0 Å². The molecule has 0 saturated heterocycles. The molecule has 1 aliphatic rings. The molecule has 2 N–H and O–H groups in total. The van der Waals surface area contributed by atoms with Crippen LogP contribution in [0.25, 0.3) is 0 Å². The van der Waals surface area contributed by atoms with Crippen LogP contribution in [0.15, 0.2) is 18.2 Å².